The highest BCUT2D eigenvalue weighted by Crippen LogP contribution is 2.21. The Hall–Kier alpha value is -1.10. The fraction of sp³-hybridized carbons (Fsp3) is 0.846. The van der Waals surface area contributed by atoms with Gasteiger partial charge in [0.25, 0.3) is 0 Å². The van der Waals surface area contributed by atoms with Gasteiger partial charge in [-0.25, -0.2) is 0 Å². The Bertz CT molecular complexity index is 280. The lowest BCUT2D eigenvalue weighted by molar-refractivity contribution is -0.137. The Balaban J connectivity index is 2.28. The summed E-state index contributed by atoms with van der Waals surface area (Å²) in [6, 6.07) is 0. The van der Waals surface area contributed by atoms with E-state index in [0.717, 1.165) is 32.4 Å². The molecule has 1 N–H and O–H groups in total. The second kappa shape index (κ2) is 8.08. The Kier molecular flexibility index (Phi) is 6.72. The number of rotatable bonds is 7. The molecule has 104 valence electrons. The molecule has 0 aliphatic carbocycles. The van der Waals surface area contributed by atoms with Crippen LogP contribution in [0, 0.1) is 5.92 Å². The minimum absolute atomic E-state index is 0.173. The number of ether oxygens (including phenoxy) is 1. The molecule has 1 amide bonds. The minimum Gasteiger partial charge on any atom is -0.481 e. The van der Waals surface area contributed by atoms with Crippen LogP contribution in [-0.4, -0.2) is 48.7 Å². The van der Waals surface area contributed by atoms with E-state index in [-0.39, 0.29) is 12.3 Å². The van der Waals surface area contributed by atoms with Gasteiger partial charge in [0.15, 0.2) is 0 Å². The van der Waals surface area contributed by atoms with Gasteiger partial charge in [-0.3, -0.25) is 9.59 Å². The lowest BCUT2D eigenvalue weighted by atomic mass is 9.93. The van der Waals surface area contributed by atoms with Gasteiger partial charge in [-0.15, -0.1) is 0 Å². The van der Waals surface area contributed by atoms with Gasteiger partial charge >= 0.3 is 5.97 Å². The zero-order valence-electron chi connectivity index (χ0n) is 11.1. The number of aliphatic carboxylic acids is 1. The first-order valence-corrected chi connectivity index (χ1v) is 6.62. The van der Waals surface area contributed by atoms with Crippen molar-refractivity contribution >= 4 is 11.9 Å². The molecular weight excluding hydrogens is 234 g/mol. The van der Waals surface area contributed by atoms with Crippen molar-refractivity contribution in [3.05, 3.63) is 0 Å². The molecule has 0 aromatic rings. The molecule has 0 bridgehead atoms. The van der Waals surface area contributed by atoms with Crippen molar-refractivity contribution in [3.63, 3.8) is 0 Å². The van der Waals surface area contributed by atoms with Crippen molar-refractivity contribution in [3.8, 4) is 0 Å². The fourth-order valence-corrected chi connectivity index (χ4v) is 2.38. The van der Waals surface area contributed by atoms with Crippen LogP contribution in [0.3, 0.4) is 0 Å². The molecule has 1 aliphatic heterocycles. The highest BCUT2D eigenvalue weighted by Gasteiger charge is 2.23. The van der Waals surface area contributed by atoms with Gasteiger partial charge in [0, 0.05) is 39.6 Å². The highest BCUT2D eigenvalue weighted by molar-refractivity contribution is 5.76. The molecule has 0 aromatic heterocycles. The number of nitrogens with zero attached hydrogens (tertiary/aromatic N) is 1. The predicted octanol–water partition coefficient (Wildman–Crippen LogP) is 1.52. The van der Waals surface area contributed by atoms with Crippen LogP contribution in [0.4, 0.5) is 0 Å². The maximum absolute atomic E-state index is 11.9. The van der Waals surface area contributed by atoms with E-state index in [1.54, 1.807) is 7.11 Å². The molecule has 1 fully saturated rings. The summed E-state index contributed by atoms with van der Waals surface area (Å²) >= 11 is 0. The molecule has 5 nitrogen and oxygen atoms in total. The lowest BCUT2D eigenvalue weighted by Gasteiger charge is -2.32. The summed E-state index contributed by atoms with van der Waals surface area (Å²) in [4.78, 5) is 24.3. The molecule has 0 saturated carbocycles. The standard InChI is InChI=1S/C13H23NO4/c1-18-9-3-5-12(15)14-8-2-4-11(10-14)6-7-13(16)17/h11H,2-10H2,1H3,(H,16,17)/t11-/m1/s1. The van der Waals surface area contributed by atoms with Crippen molar-refractivity contribution in [2.24, 2.45) is 5.92 Å². The van der Waals surface area contributed by atoms with Crippen LogP contribution in [0.1, 0.15) is 38.5 Å². The van der Waals surface area contributed by atoms with Crippen LogP contribution in [0.15, 0.2) is 0 Å². The van der Waals surface area contributed by atoms with E-state index in [2.05, 4.69) is 0 Å². The predicted molar refractivity (Wildman–Crippen MR) is 67.3 cm³/mol. The summed E-state index contributed by atoms with van der Waals surface area (Å²) in [6.45, 7) is 2.15. The smallest absolute Gasteiger partial charge is 0.303 e. The number of likely N-dealkylation sites (tertiary alicyclic amines) is 1. The minimum atomic E-state index is -0.751. The number of carbonyl (C=O) groups excluding carboxylic acids is 1. The number of methoxy groups -OCH3 is 1. The van der Waals surface area contributed by atoms with E-state index in [4.69, 9.17) is 9.84 Å². The number of carboxylic acids is 1. The van der Waals surface area contributed by atoms with E-state index in [1.165, 1.54) is 0 Å². The molecule has 1 saturated heterocycles. The van der Waals surface area contributed by atoms with Gasteiger partial charge in [0.1, 0.15) is 0 Å². The van der Waals surface area contributed by atoms with Gasteiger partial charge in [-0.2, -0.15) is 0 Å². The summed E-state index contributed by atoms with van der Waals surface area (Å²) in [7, 11) is 1.63. The van der Waals surface area contributed by atoms with Gasteiger partial charge in [0.05, 0.1) is 0 Å². The van der Waals surface area contributed by atoms with Gasteiger partial charge < -0.3 is 14.7 Å². The van der Waals surface area contributed by atoms with E-state index in [9.17, 15) is 9.59 Å². The third kappa shape index (κ3) is 5.49. The van der Waals surface area contributed by atoms with Crippen molar-refractivity contribution in [1.82, 2.24) is 4.90 Å². The molecule has 1 rings (SSSR count). The van der Waals surface area contributed by atoms with E-state index >= 15 is 0 Å². The first-order valence-electron chi connectivity index (χ1n) is 6.62. The maximum atomic E-state index is 11.9. The molecule has 0 spiro atoms. The number of hydrogen-bond acceptors (Lipinski definition) is 3. The molecule has 5 heteroatoms. The first-order chi connectivity index (χ1) is 8.63. The highest BCUT2D eigenvalue weighted by atomic mass is 16.5. The van der Waals surface area contributed by atoms with Crippen LogP contribution in [0.2, 0.25) is 0 Å². The zero-order chi connectivity index (χ0) is 13.4. The van der Waals surface area contributed by atoms with Crippen LogP contribution in [0.5, 0.6) is 0 Å². The topological polar surface area (TPSA) is 66.8 Å². The number of carboxylic acid groups (broad SMARTS) is 1. The lowest BCUT2D eigenvalue weighted by Crippen LogP contribution is -2.40. The Labute approximate surface area is 108 Å². The third-order valence-corrected chi connectivity index (χ3v) is 3.38. The second-order valence-electron chi connectivity index (χ2n) is 4.88. The molecule has 18 heavy (non-hydrogen) atoms. The monoisotopic (exact) mass is 257 g/mol. The largest absolute Gasteiger partial charge is 0.481 e. The number of piperidine rings is 1. The van der Waals surface area contributed by atoms with Gasteiger partial charge in [0.2, 0.25) is 5.91 Å². The van der Waals surface area contributed by atoms with Crippen molar-refractivity contribution < 1.29 is 19.4 Å². The van der Waals surface area contributed by atoms with Crippen molar-refractivity contribution in [1.29, 1.82) is 0 Å². The Morgan fingerprint density at radius 2 is 2.17 bits per heavy atom. The SMILES string of the molecule is COCCCC(=O)N1CCC[C@H](CCC(=O)O)C1. The Morgan fingerprint density at radius 3 is 2.83 bits per heavy atom. The summed E-state index contributed by atoms with van der Waals surface area (Å²) in [6.07, 6.45) is 4.19. The third-order valence-electron chi connectivity index (χ3n) is 3.38. The van der Waals surface area contributed by atoms with Crippen LogP contribution < -0.4 is 0 Å². The molecule has 0 radical (unpaired) electrons. The Morgan fingerprint density at radius 1 is 1.39 bits per heavy atom. The molecule has 0 unspecified atom stereocenters. The quantitative estimate of drug-likeness (QED) is 0.702. The molecule has 1 atom stereocenters. The number of hydrogen-bond donors (Lipinski definition) is 1. The molecule has 1 aliphatic rings. The summed E-state index contributed by atoms with van der Waals surface area (Å²) in [5.41, 5.74) is 0. The van der Waals surface area contributed by atoms with E-state index in [1.807, 2.05) is 4.90 Å². The van der Waals surface area contributed by atoms with E-state index < -0.39 is 5.97 Å². The van der Waals surface area contributed by atoms with Crippen LogP contribution >= 0.6 is 0 Å². The normalized spacial score (nSPS) is 19.8. The van der Waals surface area contributed by atoms with E-state index in [0.29, 0.717) is 25.4 Å². The molecule has 1 heterocycles. The number of carbonyl (C=O) groups is 2. The van der Waals surface area contributed by atoms with Gasteiger partial charge in [-0.05, 0) is 31.6 Å². The molecular formula is C13H23NO4. The van der Waals surface area contributed by atoms with Crippen LogP contribution in [-0.2, 0) is 14.3 Å². The maximum Gasteiger partial charge on any atom is 0.303 e. The summed E-state index contributed by atoms with van der Waals surface area (Å²) in [5.74, 6) is -0.230. The summed E-state index contributed by atoms with van der Waals surface area (Å²) < 4.78 is 4.93. The van der Waals surface area contributed by atoms with Crippen molar-refractivity contribution in [2.45, 2.75) is 38.5 Å². The summed E-state index contributed by atoms with van der Waals surface area (Å²) in [5, 5.41) is 8.67. The molecule has 0 aromatic carbocycles. The average Bonchev–Trinajstić information content (AvgIpc) is 2.37. The first kappa shape index (κ1) is 15.0. The van der Waals surface area contributed by atoms with Crippen molar-refractivity contribution in [2.75, 3.05) is 26.8 Å². The van der Waals surface area contributed by atoms with Crippen LogP contribution in [0.25, 0.3) is 0 Å². The van der Waals surface area contributed by atoms with Gasteiger partial charge in [-0.1, -0.05) is 0 Å². The zero-order valence-corrected chi connectivity index (χ0v) is 11.1. The fourth-order valence-electron chi connectivity index (χ4n) is 2.38. The average molecular weight is 257 g/mol. The number of amides is 1. The second-order valence-corrected chi connectivity index (χ2v) is 4.88.